The number of hydrogen-bond donors (Lipinski definition) is 2. The van der Waals surface area contributed by atoms with Crippen LogP contribution in [0.1, 0.15) is 26.2 Å². The van der Waals surface area contributed by atoms with Crippen LogP contribution in [-0.4, -0.2) is 26.5 Å². The second-order valence-corrected chi connectivity index (χ2v) is 6.38. The van der Waals surface area contributed by atoms with Crippen molar-refractivity contribution in [2.45, 2.75) is 37.1 Å². The zero-order valence-corrected chi connectivity index (χ0v) is 11.5. The summed E-state index contributed by atoms with van der Waals surface area (Å²) in [6.45, 7) is 1.93. The molecule has 0 aliphatic heterocycles. The maximum absolute atomic E-state index is 12.3. The number of sulfonamides is 1. The highest BCUT2D eigenvalue weighted by Crippen LogP contribution is 2.30. The average molecular weight is 269 g/mol. The first-order valence-electron chi connectivity index (χ1n) is 6.19. The SMILES string of the molecule is CNc1ncccc1S(=O)(=O)NC(C)C1CCC1. The Labute approximate surface area is 108 Å². The number of hydrogen-bond acceptors (Lipinski definition) is 4. The summed E-state index contributed by atoms with van der Waals surface area (Å²) >= 11 is 0. The van der Waals surface area contributed by atoms with E-state index in [0.29, 0.717) is 11.7 Å². The molecular formula is C12H19N3O2S. The smallest absolute Gasteiger partial charge is 0.244 e. The molecule has 0 spiro atoms. The first kappa shape index (κ1) is 13.3. The van der Waals surface area contributed by atoms with Gasteiger partial charge >= 0.3 is 0 Å². The normalized spacial score (nSPS) is 18.1. The third-order valence-electron chi connectivity index (χ3n) is 3.49. The van der Waals surface area contributed by atoms with Crippen molar-refractivity contribution in [2.75, 3.05) is 12.4 Å². The second kappa shape index (κ2) is 5.24. The van der Waals surface area contributed by atoms with Crippen LogP contribution in [-0.2, 0) is 10.0 Å². The average Bonchev–Trinajstić information content (AvgIpc) is 2.25. The molecule has 5 nitrogen and oxygen atoms in total. The van der Waals surface area contributed by atoms with Crippen LogP contribution in [0.3, 0.4) is 0 Å². The lowest BCUT2D eigenvalue weighted by Crippen LogP contribution is -2.40. The summed E-state index contributed by atoms with van der Waals surface area (Å²) in [5.41, 5.74) is 0. The molecule has 1 heterocycles. The number of pyridine rings is 1. The number of nitrogens with one attached hydrogen (secondary N) is 2. The highest BCUT2D eigenvalue weighted by molar-refractivity contribution is 7.89. The van der Waals surface area contributed by atoms with E-state index in [9.17, 15) is 8.42 Å². The zero-order chi connectivity index (χ0) is 13.2. The van der Waals surface area contributed by atoms with E-state index >= 15 is 0 Å². The largest absolute Gasteiger partial charge is 0.372 e. The summed E-state index contributed by atoms with van der Waals surface area (Å²) in [5.74, 6) is 0.847. The maximum Gasteiger partial charge on any atom is 0.244 e. The summed E-state index contributed by atoms with van der Waals surface area (Å²) in [7, 11) is -1.84. The number of aromatic nitrogens is 1. The maximum atomic E-state index is 12.3. The van der Waals surface area contributed by atoms with Gasteiger partial charge in [0.1, 0.15) is 10.7 Å². The minimum absolute atomic E-state index is 0.0198. The van der Waals surface area contributed by atoms with E-state index in [2.05, 4.69) is 15.0 Å². The van der Waals surface area contributed by atoms with Crippen LogP contribution >= 0.6 is 0 Å². The van der Waals surface area contributed by atoms with E-state index in [0.717, 1.165) is 12.8 Å². The van der Waals surface area contributed by atoms with E-state index in [1.165, 1.54) is 6.42 Å². The number of nitrogens with zero attached hydrogens (tertiary/aromatic N) is 1. The van der Waals surface area contributed by atoms with Crippen molar-refractivity contribution >= 4 is 15.8 Å². The first-order chi connectivity index (χ1) is 8.54. The molecule has 0 aromatic carbocycles. The molecule has 0 amide bonds. The van der Waals surface area contributed by atoms with Crippen molar-refractivity contribution in [1.29, 1.82) is 0 Å². The van der Waals surface area contributed by atoms with Gasteiger partial charge in [0.15, 0.2) is 0 Å². The fourth-order valence-corrected chi connectivity index (χ4v) is 3.62. The Morgan fingerprint density at radius 1 is 1.44 bits per heavy atom. The lowest BCUT2D eigenvalue weighted by atomic mass is 9.81. The van der Waals surface area contributed by atoms with Gasteiger partial charge in [0, 0.05) is 19.3 Å². The van der Waals surface area contributed by atoms with Crippen LogP contribution in [0, 0.1) is 5.92 Å². The molecular weight excluding hydrogens is 250 g/mol. The summed E-state index contributed by atoms with van der Waals surface area (Å²) in [4.78, 5) is 4.23. The van der Waals surface area contributed by atoms with Gasteiger partial charge in [-0.05, 0) is 37.8 Å². The monoisotopic (exact) mass is 269 g/mol. The molecule has 1 aromatic rings. The van der Waals surface area contributed by atoms with Crippen LogP contribution in [0.5, 0.6) is 0 Å². The van der Waals surface area contributed by atoms with Crippen LogP contribution in [0.2, 0.25) is 0 Å². The zero-order valence-electron chi connectivity index (χ0n) is 10.7. The molecule has 1 fully saturated rings. The van der Waals surface area contributed by atoms with Crippen molar-refractivity contribution in [3.63, 3.8) is 0 Å². The van der Waals surface area contributed by atoms with Crippen LogP contribution in [0.4, 0.5) is 5.82 Å². The van der Waals surface area contributed by atoms with E-state index in [1.807, 2.05) is 6.92 Å². The van der Waals surface area contributed by atoms with Gasteiger partial charge in [-0.3, -0.25) is 0 Å². The Kier molecular flexibility index (Phi) is 3.87. The van der Waals surface area contributed by atoms with Crippen molar-refractivity contribution in [2.24, 2.45) is 5.92 Å². The van der Waals surface area contributed by atoms with E-state index < -0.39 is 10.0 Å². The van der Waals surface area contributed by atoms with Gasteiger partial charge in [-0.25, -0.2) is 18.1 Å². The third-order valence-corrected chi connectivity index (χ3v) is 5.09. The first-order valence-corrected chi connectivity index (χ1v) is 7.68. The van der Waals surface area contributed by atoms with E-state index in [4.69, 9.17) is 0 Å². The molecule has 1 aliphatic carbocycles. The van der Waals surface area contributed by atoms with Crippen LogP contribution in [0.15, 0.2) is 23.2 Å². The molecule has 1 unspecified atom stereocenters. The molecule has 1 atom stereocenters. The summed E-state index contributed by atoms with van der Waals surface area (Å²) < 4.78 is 27.3. The van der Waals surface area contributed by atoms with Crippen molar-refractivity contribution < 1.29 is 8.42 Å². The van der Waals surface area contributed by atoms with Crippen molar-refractivity contribution in [3.8, 4) is 0 Å². The Morgan fingerprint density at radius 2 is 2.17 bits per heavy atom. The minimum atomic E-state index is -3.50. The fourth-order valence-electron chi connectivity index (χ4n) is 2.14. The van der Waals surface area contributed by atoms with Crippen molar-refractivity contribution in [1.82, 2.24) is 9.71 Å². The minimum Gasteiger partial charge on any atom is -0.372 e. The molecule has 100 valence electrons. The van der Waals surface area contributed by atoms with Gasteiger partial charge in [-0.1, -0.05) is 6.42 Å². The Bertz CT molecular complexity index is 512. The topological polar surface area (TPSA) is 71.1 Å². The molecule has 1 saturated carbocycles. The van der Waals surface area contributed by atoms with Crippen LogP contribution in [0.25, 0.3) is 0 Å². The van der Waals surface area contributed by atoms with Gasteiger partial charge in [-0.15, -0.1) is 0 Å². The quantitative estimate of drug-likeness (QED) is 0.851. The number of anilines is 1. The molecule has 18 heavy (non-hydrogen) atoms. The molecule has 0 radical (unpaired) electrons. The van der Waals surface area contributed by atoms with Gasteiger partial charge in [-0.2, -0.15) is 0 Å². The Morgan fingerprint density at radius 3 is 2.72 bits per heavy atom. The summed E-state index contributed by atoms with van der Waals surface area (Å²) in [5, 5.41) is 2.80. The summed E-state index contributed by atoms with van der Waals surface area (Å²) in [6.07, 6.45) is 4.98. The Hall–Kier alpha value is -1.14. The highest BCUT2D eigenvalue weighted by Gasteiger charge is 2.29. The lowest BCUT2D eigenvalue weighted by Gasteiger charge is -2.31. The third kappa shape index (κ3) is 2.64. The predicted octanol–water partition coefficient (Wildman–Crippen LogP) is 1.59. The molecule has 2 N–H and O–H groups in total. The standard InChI is InChI=1S/C12H19N3O2S/c1-9(10-5-3-6-10)15-18(16,17)11-7-4-8-14-12(11)13-2/h4,7-10,15H,3,5-6H2,1-2H3,(H,13,14). The van der Waals surface area contributed by atoms with E-state index in [-0.39, 0.29) is 10.9 Å². The van der Waals surface area contributed by atoms with E-state index in [1.54, 1.807) is 25.4 Å². The van der Waals surface area contributed by atoms with Crippen molar-refractivity contribution in [3.05, 3.63) is 18.3 Å². The lowest BCUT2D eigenvalue weighted by molar-refractivity contribution is 0.260. The second-order valence-electron chi connectivity index (χ2n) is 4.70. The van der Waals surface area contributed by atoms with Gasteiger partial charge < -0.3 is 5.32 Å². The summed E-state index contributed by atoms with van der Waals surface area (Å²) in [6, 6.07) is 3.17. The van der Waals surface area contributed by atoms with Crippen LogP contribution < -0.4 is 10.0 Å². The fraction of sp³-hybridized carbons (Fsp3) is 0.583. The molecule has 6 heteroatoms. The van der Waals surface area contributed by atoms with Gasteiger partial charge in [0.25, 0.3) is 0 Å². The predicted molar refractivity (Wildman–Crippen MR) is 70.9 cm³/mol. The Balaban J connectivity index is 2.19. The highest BCUT2D eigenvalue weighted by atomic mass is 32.2. The van der Waals surface area contributed by atoms with Gasteiger partial charge in [0.05, 0.1) is 0 Å². The van der Waals surface area contributed by atoms with Gasteiger partial charge in [0.2, 0.25) is 10.0 Å². The number of rotatable bonds is 5. The molecule has 0 saturated heterocycles. The molecule has 2 rings (SSSR count). The molecule has 0 bridgehead atoms. The molecule has 1 aliphatic rings. The molecule has 1 aromatic heterocycles.